The summed E-state index contributed by atoms with van der Waals surface area (Å²) in [6.45, 7) is 5.80. The van der Waals surface area contributed by atoms with E-state index < -0.39 is 0 Å². The Morgan fingerprint density at radius 1 is 1.19 bits per heavy atom. The minimum atomic E-state index is 0.390. The molecule has 0 aromatic carbocycles. The number of nitrogens with zero attached hydrogens (tertiary/aromatic N) is 4. The van der Waals surface area contributed by atoms with Crippen molar-refractivity contribution in [2.24, 2.45) is 0 Å². The van der Waals surface area contributed by atoms with E-state index in [2.05, 4.69) is 15.1 Å². The van der Waals surface area contributed by atoms with Crippen LogP contribution in [0.5, 0.6) is 11.8 Å². The maximum atomic E-state index is 5.10. The normalized spacial score (nSPS) is 9.56. The molecule has 0 saturated heterocycles. The largest absolute Gasteiger partial charge is 0.491 e. The van der Waals surface area contributed by atoms with Crippen LogP contribution in [0.4, 0.5) is 0 Å². The summed E-state index contributed by atoms with van der Waals surface area (Å²) in [5.74, 6) is 1.22. The summed E-state index contributed by atoms with van der Waals surface area (Å²) in [5, 5.41) is 4.13. The van der Waals surface area contributed by atoms with Gasteiger partial charge in [-0.05, 0) is 6.92 Å². The summed E-state index contributed by atoms with van der Waals surface area (Å²) >= 11 is 0. The summed E-state index contributed by atoms with van der Waals surface area (Å²) < 4.78 is 11.6. The lowest BCUT2D eigenvalue weighted by atomic mass is 10.5. The zero-order chi connectivity index (χ0) is 12.1. The Morgan fingerprint density at radius 3 is 2.44 bits per heavy atom. The van der Waals surface area contributed by atoms with Crippen LogP contribution in [-0.4, -0.2) is 33.8 Å². The van der Waals surface area contributed by atoms with Gasteiger partial charge >= 0.3 is 6.01 Å². The summed E-state index contributed by atoms with van der Waals surface area (Å²) in [7, 11) is 3.10. The highest BCUT2D eigenvalue weighted by Gasteiger charge is 2.11. The summed E-state index contributed by atoms with van der Waals surface area (Å²) in [6, 6.07) is 0.390. The van der Waals surface area contributed by atoms with Crippen LogP contribution in [0.3, 0.4) is 0 Å². The molecule has 0 saturated carbocycles. The van der Waals surface area contributed by atoms with Crippen molar-refractivity contribution in [3.8, 4) is 11.8 Å². The maximum absolute atomic E-state index is 5.10. The molecule has 0 aliphatic rings. The highest BCUT2D eigenvalue weighted by atomic mass is 16.5. The molecule has 0 fully saturated rings. The predicted molar refractivity (Wildman–Crippen MR) is 60.0 cm³/mol. The van der Waals surface area contributed by atoms with Crippen LogP contribution in [0.25, 0.3) is 5.65 Å². The molecular formula is C10H16N4O2. The third-order valence-corrected chi connectivity index (χ3v) is 1.81. The minimum absolute atomic E-state index is 0.390. The van der Waals surface area contributed by atoms with E-state index in [0.29, 0.717) is 23.2 Å². The molecule has 0 spiro atoms. The molecule has 0 unspecified atom stereocenters. The average molecular weight is 224 g/mol. The van der Waals surface area contributed by atoms with Crippen LogP contribution >= 0.6 is 0 Å². The molecule has 0 radical (unpaired) electrons. The van der Waals surface area contributed by atoms with Gasteiger partial charge in [-0.2, -0.15) is 9.50 Å². The third kappa shape index (κ3) is 2.05. The Bertz CT molecular complexity index is 426. The quantitative estimate of drug-likeness (QED) is 0.773. The number of hydrogen-bond acceptors (Lipinski definition) is 5. The molecule has 0 aliphatic heterocycles. The molecule has 6 nitrogen and oxygen atoms in total. The highest BCUT2D eigenvalue weighted by Crippen LogP contribution is 2.19. The Kier molecular flexibility index (Phi) is 4.04. The summed E-state index contributed by atoms with van der Waals surface area (Å²) in [5.41, 5.74) is 0.608. The fourth-order valence-corrected chi connectivity index (χ4v) is 1.22. The predicted octanol–water partition coefficient (Wildman–Crippen LogP) is 1.48. The topological polar surface area (TPSA) is 61.5 Å². The molecule has 0 N–H and O–H groups in total. The molecular weight excluding hydrogens is 208 g/mol. The van der Waals surface area contributed by atoms with Gasteiger partial charge in [-0.3, -0.25) is 0 Å². The van der Waals surface area contributed by atoms with Crippen molar-refractivity contribution in [3.63, 3.8) is 0 Å². The van der Waals surface area contributed by atoms with Crippen LogP contribution in [0, 0.1) is 6.92 Å². The number of rotatable bonds is 2. The van der Waals surface area contributed by atoms with Crippen LogP contribution in [0.15, 0.2) is 6.20 Å². The molecule has 0 atom stereocenters. The molecule has 2 aromatic rings. The Hall–Kier alpha value is -1.85. The van der Waals surface area contributed by atoms with Crippen molar-refractivity contribution < 1.29 is 9.47 Å². The van der Waals surface area contributed by atoms with E-state index in [1.165, 1.54) is 11.6 Å². The number of aromatic nitrogens is 4. The van der Waals surface area contributed by atoms with Gasteiger partial charge in [0.2, 0.25) is 5.65 Å². The molecule has 0 bridgehead atoms. The van der Waals surface area contributed by atoms with Gasteiger partial charge < -0.3 is 9.47 Å². The van der Waals surface area contributed by atoms with E-state index in [1.54, 1.807) is 20.2 Å². The van der Waals surface area contributed by atoms with E-state index in [4.69, 9.17) is 9.47 Å². The second-order valence-corrected chi connectivity index (χ2v) is 2.71. The van der Waals surface area contributed by atoms with Gasteiger partial charge in [-0.15, -0.1) is 5.10 Å². The third-order valence-electron chi connectivity index (χ3n) is 1.81. The van der Waals surface area contributed by atoms with E-state index in [9.17, 15) is 0 Å². The Morgan fingerprint density at radius 2 is 1.88 bits per heavy atom. The van der Waals surface area contributed by atoms with Crippen molar-refractivity contribution in [3.05, 3.63) is 12.0 Å². The molecule has 2 aromatic heterocycles. The average Bonchev–Trinajstić information content (AvgIpc) is 2.71. The first-order chi connectivity index (χ1) is 7.76. The lowest BCUT2D eigenvalue weighted by molar-refractivity contribution is 0.359. The van der Waals surface area contributed by atoms with Crippen LogP contribution < -0.4 is 9.47 Å². The van der Waals surface area contributed by atoms with Gasteiger partial charge in [-0.1, -0.05) is 13.8 Å². The highest BCUT2D eigenvalue weighted by molar-refractivity contribution is 5.52. The van der Waals surface area contributed by atoms with E-state index in [-0.39, 0.29) is 0 Å². The number of ether oxygens (including phenoxy) is 2. The molecule has 2 heterocycles. The standard InChI is InChI=1S/C8H10N4O2.C2H6/c1-5-10-7-6(13-2)4-9-8(14-3)12(7)11-5;1-2/h4H,1-3H3;1-2H3. The second-order valence-electron chi connectivity index (χ2n) is 2.71. The minimum Gasteiger partial charge on any atom is -0.491 e. The number of aryl methyl sites for hydroxylation is 1. The lowest BCUT2D eigenvalue weighted by Gasteiger charge is -2.03. The Balaban J connectivity index is 0.000000606. The van der Waals surface area contributed by atoms with Crippen molar-refractivity contribution in [1.29, 1.82) is 0 Å². The SMILES string of the molecule is CC.COc1cnc(OC)n2nc(C)nc12. The monoisotopic (exact) mass is 224 g/mol. The molecule has 0 amide bonds. The number of hydrogen-bond donors (Lipinski definition) is 0. The van der Waals surface area contributed by atoms with Gasteiger partial charge in [0.25, 0.3) is 0 Å². The molecule has 6 heteroatoms. The van der Waals surface area contributed by atoms with Crippen molar-refractivity contribution in [1.82, 2.24) is 19.6 Å². The van der Waals surface area contributed by atoms with Crippen molar-refractivity contribution >= 4 is 5.65 Å². The van der Waals surface area contributed by atoms with Gasteiger partial charge in [-0.25, -0.2) is 4.98 Å². The summed E-state index contributed by atoms with van der Waals surface area (Å²) in [6.07, 6.45) is 1.56. The van der Waals surface area contributed by atoms with E-state index >= 15 is 0 Å². The van der Waals surface area contributed by atoms with Crippen LogP contribution in [0.2, 0.25) is 0 Å². The van der Waals surface area contributed by atoms with Crippen molar-refractivity contribution in [2.45, 2.75) is 20.8 Å². The van der Waals surface area contributed by atoms with Gasteiger partial charge in [0.05, 0.1) is 20.4 Å². The second kappa shape index (κ2) is 5.29. The first-order valence-corrected chi connectivity index (χ1v) is 5.06. The molecule has 0 aliphatic carbocycles. The fourth-order valence-electron chi connectivity index (χ4n) is 1.22. The van der Waals surface area contributed by atoms with Gasteiger partial charge in [0, 0.05) is 0 Å². The first-order valence-electron chi connectivity index (χ1n) is 5.06. The molecule has 88 valence electrons. The molecule has 16 heavy (non-hydrogen) atoms. The van der Waals surface area contributed by atoms with Crippen LogP contribution in [-0.2, 0) is 0 Å². The smallest absolute Gasteiger partial charge is 0.319 e. The zero-order valence-electron chi connectivity index (χ0n) is 10.2. The number of methoxy groups -OCH3 is 2. The summed E-state index contributed by atoms with van der Waals surface area (Å²) in [4.78, 5) is 8.22. The first kappa shape index (κ1) is 12.2. The van der Waals surface area contributed by atoms with E-state index in [0.717, 1.165) is 0 Å². The van der Waals surface area contributed by atoms with Crippen molar-refractivity contribution in [2.75, 3.05) is 14.2 Å². The zero-order valence-corrected chi connectivity index (χ0v) is 10.2. The Labute approximate surface area is 94.2 Å². The molecule has 2 rings (SSSR count). The van der Waals surface area contributed by atoms with Gasteiger partial charge in [0.15, 0.2) is 5.75 Å². The fraction of sp³-hybridized carbons (Fsp3) is 0.500. The van der Waals surface area contributed by atoms with Gasteiger partial charge in [0.1, 0.15) is 5.82 Å². The lowest BCUT2D eigenvalue weighted by Crippen LogP contribution is -2.00. The van der Waals surface area contributed by atoms with E-state index in [1.807, 2.05) is 13.8 Å². The maximum Gasteiger partial charge on any atom is 0.319 e. The number of fused-ring (bicyclic) bond motifs is 1. The van der Waals surface area contributed by atoms with Crippen LogP contribution in [0.1, 0.15) is 19.7 Å².